The molecule has 2 saturated carbocycles. The molecule has 0 amide bonds. The maximum atomic E-state index is 14.1. The van der Waals surface area contributed by atoms with Crippen molar-refractivity contribution in [2.45, 2.75) is 77.0 Å². The molecule has 0 heterocycles. The molecule has 0 spiro atoms. The second-order valence-electron chi connectivity index (χ2n) is 9.79. The van der Waals surface area contributed by atoms with E-state index >= 15 is 0 Å². The first kappa shape index (κ1) is 24.0. The Hall–Kier alpha value is -2.11. The summed E-state index contributed by atoms with van der Waals surface area (Å²) in [5.74, 6) is -1.16. The van der Waals surface area contributed by atoms with Crippen molar-refractivity contribution in [2.75, 3.05) is 0 Å². The predicted molar refractivity (Wildman–Crippen MR) is 119 cm³/mol. The van der Waals surface area contributed by atoms with Gasteiger partial charge in [0.15, 0.2) is 11.6 Å². The van der Waals surface area contributed by atoms with E-state index in [2.05, 4.69) is 11.7 Å². The number of alkyl halides is 3. The molecule has 0 saturated heterocycles. The van der Waals surface area contributed by atoms with Crippen LogP contribution in [0.1, 0.15) is 76.2 Å². The average Bonchev–Trinajstić information content (AvgIpc) is 2.79. The molecule has 2 aromatic carbocycles. The molecule has 0 aliphatic heterocycles. The summed E-state index contributed by atoms with van der Waals surface area (Å²) in [6.07, 6.45) is 6.48. The molecule has 0 aromatic heterocycles. The maximum Gasteiger partial charge on any atom is 0.573 e. The first-order valence-electron chi connectivity index (χ1n) is 12.1. The zero-order chi connectivity index (χ0) is 23.6. The van der Waals surface area contributed by atoms with Crippen LogP contribution in [0.25, 0.3) is 11.1 Å². The van der Waals surface area contributed by atoms with E-state index in [-0.39, 0.29) is 5.56 Å². The van der Waals surface area contributed by atoms with Gasteiger partial charge in [0.25, 0.3) is 0 Å². The van der Waals surface area contributed by atoms with E-state index in [4.69, 9.17) is 0 Å². The van der Waals surface area contributed by atoms with Crippen LogP contribution >= 0.6 is 0 Å². The third-order valence-electron chi connectivity index (χ3n) is 7.62. The van der Waals surface area contributed by atoms with Gasteiger partial charge in [-0.25, -0.2) is 8.78 Å². The predicted octanol–water partition coefficient (Wildman–Crippen LogP) is 9.02. The first-order chi connectivity index (χ1) is 15.7. The van der Waals surface area contributed by atoms with Crippen molar-refractivity contribution in [1.29, 1.82) is 0 Å². The summed E-state index contributed by atoms with van der Waals surface area (Å²) in [7, 11) is 0. The van der Waals surface area contributed by atoms with Crippen LogP contribution in [0, 0.1) is 29.4 Å². The Bertz CT molecular complexity index is 914. The topological polar surface area (TPSA) is 9.23 Å². The summed E-state index contributed by atoms with van der Waals surface area (Å²) in [6.45, 7) is 2.26. The SMILES string of the molecule is CCCCC1CC[C@@H]2C[C@H](c3ccc(-c4cc(F)c(OC(F)(F)F)c(F)c4)cc3)CC[C@@H]2C1. The number of hydrogen-bond acceptors (Lipinski definition) is 1. The summed E-state index contributed by atoms with van der Waals surface area (Å²) in [4.78, 5) is 0. The summed E-state index contributed by atoms with van der Waals surface area (Å²) in [6, 6.07) is 9.32. The minimum atomic E-state index is -5.15. The normalized spacial score (nSPS) is 25.5. The van der Waals surface area contributed by atoms with Crippen molar-refractivity contribution < 1.29 is 26.7 Å². The van der Waals surface area contributed by atoms with Gasteiger partial charge in [-0.15, -0.1) is 13.2 Å². The van der Waals surface area contributed by atoms with Gasteiger partial charge in [0.05, 0.1) is 0 Å². The Morgan fingerprint density at radius 1 is 0.848 bits per heavy atom. The number of benzene rings is 2. The van der Waals surface area contributed by atoms with Crippen LogP contribution in [-0.4, -0.2) is 6.36 Å². The molecule has 2 fully saturated rings. The number of halogens is 5. The lowest BCUT2D eigenvalue weighted by atomic mass is 9.63. The van der Waals surface area contributed by atoms with E-state index in [0.717, 1.165) is 36.3 Å². The van der Waals surface area contributed by atoms with E-state index in [1.165, 1.54) is 56.9 Å². The van der Waals surface area contributed by atoms with Crippen molar-refractivity contribution in [3.8, 4) is 16.9 Å². The van der Waals surface area contributed by atoms with Crippen LogP contribution in [0.15, 0.2) is 36.4 Å². The fraction of sp³-hybridized carbons (Fsp3) is 0.556. The summed E-state index contributed by atoms with van der Waals surface area (Å²) in [5.41, 5.74) is 1.96. The average molecular weight is 467 g/mol. The van der Waals surface area contributed by atoms with Crippen molar-refractivity contribution >= 4 is 0 Å². The van der Waals surface area contributed by atoms with Crippen molar-refractivity contribution in [3.63, 3.8) is 0 Å². The van der Waals surface area contributed by atoms with Crippen molar-refractivity contribution in [3.05, 3.63) is 53.6 Å². The van der Waals surface area contributed by atoms with Crippen LogP contribution in [0.5, 0.6) is 5.75 Å². The lowest BCUT2D eigenvalue weighted by Crippen LogP contribution is -2.30. The number of ether oxygens (including phenoxy) is 1. The molecule has 33 heavy (non-hydrogen) atoms. The van der Waals surface area contributed by atoms with Gasteiger partial charge < -0.3 is 4.74 Å². The van der Waals surface area contributed by atoms with Crippen LogP contribution in [-0.2, 0) is 0 Å². The third kappa shape index (κ3) is 5.88. The molecular formula is C27H31F5O. The Morgan fingerprint density at radius 3 is 2.12 bits per heavy atom. The molecule has 1 unspecified atom stereocenters. The Morgan fingerprint density at radius 2 is 1.48 bits per heavy atom. The zero-order valence-electron chi connectivity index (χ0n) is 18.9. The Balaban J connectivity index is 1.41. The molecular weight excluding hydrogens is 435 g/mol. The highest BCUT2D eigenvalue weighted by Crippen LogP contribution is 2.48. The van der Waals surface area contributed by atoms with Crippen molar-refractivity contribution in [1.82, 2.24) is 0 Å². The summed E-state index contributed by atoms with van der Waals surface area (Å²) >= 11 is 0. The number of hydrogen-bond donors (Lipinski definition) is 0. The molecule has 2 aliphatic carbocycles. The fourth-order valence-corrected chi connectivity index (χ4v) is 5.93. The lowest BCUT2D eigenvalue weighted by Gasteiger charge is -2.42. The minimum Gasteiger partial charge on any atom is -0.399 e. The van der Waals surface area contributed by atoms with Gasteiger partial charge in [-0.05, 0) is 84.6 Å². The van der Waals surface area contributed by atoms with Gasteiger partial charge in [-0.3, -0.25) is 0 Å². The molecule has 6 heteroatoms. The van der Waals surface area contributed by atoms with Crippen LogP contribution in [0.2, 0.25) is 0 Å². The third-order valence-corrected chi connectivity index (χ3v) is 7.62. The van der Waals surface area contributed by atoms with E-state index in [0.29, 0.717) is 11.5 Å². The quantitative estimate of drug-likeness (QED) is 0.386. The first-order valence-corrected chi connectivity index (χ1v) is 12.1. The Labute approximate surface area is 192 Å². The Kier molecular flexibility index (Phi) is 7.30. The largest absolute Gasteiger partial charge is 0.573 e. The second kappa shape index (κ2) is 10.0. The minimum absolute atomic E-state index is 0.181. The highest BCUT2D eigenvalue weighted by molar-refractivity contribution is 5.65. The maximum absolute atomic E-state index is 14.1. The van der Waals surface area contributed by atoms with Gasteiger partial charge >= 0.3 is 6.36 Å². The highest BCUT2D eigenvalue weighted by Gasteiger charge is 2.36. The molecule has 4 atom stereocenters. The second-order valence-corrected chi connectivity index (χ2v) is 9.79. The van der Waals surface area contributed by atoms with Gasteiger partial charge in [0.2, 0.25) is 5.75 Å². The molecule has 0 N–H and O–H groups in total. The van der Waals surface area contributed by atoms with E-state index in [9.17, 15) is 22.0 Å². The van der Waals surface area contributed by atoms with Gasteiger partial charge in [0, 0.05) is 0 Å². The number of rotatable bonds is 6. The fourth-order valence-electron chi connectivity index (χ4n) is 5.93. The number of fused-ring (bicyclic) bond motifs is 1. The highest BCUT2D eigenvalue weighted by atomic mass is 19.4. The standard InChI is InChI=1S/C27H31F5O/c1-2-3-4-17-5-6-22-14-21(12-11-20(22)13-17)18-7-9-19(10-8-18)23-15-24(28)26(25(29)16-23)33-27(30,31)32/h7-10,15-17,20-22H,2-6,11-14H2,1H3/t17?,20-,21-,22-/m1/s1. The molecule has 4 rings (SSSR count). The molecule has 2 aromatic rings. The molecule has 0 bridgehead atoms. The molecule has 180 valence electrons. The van der Waals surface area contributed by atoms with E-state index in [1.807, 2.05) is 12.1 Å². The molecule has 1 nitrogen and oxygen atoms in total. The monoisotopic (exact) mass is 466 g/mol. The van der Waals surface area contributed by atoms with E-state index < -0.39 is 23.7 Å². The van der Waals surface area contributed by atoms with Gasteiger partial charge in [-0.2, -0.15) is 0 Å². The lowest BCUT2D eigenvalue weighted by molar-refractivity contribution is -0.276. The zero-order valence-corrected chi connectivity index (χ0v) is 18.9. The van der Waals surface area contributed by atoms with Gasteiger partial charge in [-0.1, -0.05) is 56.9 Å². The van der Waals surface area contributed by atoms with Crippen LogP contribution in [0.4, 0.5) is 22.0 Å². The van der Waals surface area contributed by atoms with E-state index in [1.54, 1.807) is 12.1 Å². The van der Waals surface area contributed by atoms with Crippen LogP contribution in [0.3, 0.4) is 0 Å². The van der Waals surface area contributed by atoms with Gasteiger partial charge in [0.1, 0.15) is 0 Å². The summed E-state index contributed by atoms with van der Waals surface area (Å²) in [5, 5.41) is 0. The number of unbranched alkanes of at least 4 members (excludes halogenated alkanes) is 1. The summed E-state index contributed by atoms with van der Waals surface area (Å²) < 4.78 is 68.7. The molecule has 2 aliphatic rings. The molecule has 0 radical (unpaired) electrons. The van der Waals surface area contributed by atoms with Crippen LogP contribution < -0.4 is 4.74 Å². The smallest absolute Gasteiger partial charge is 0.399 e. The van der Waals surface area contributed by atoms with Crippen molar-refractivity contribution in [2.24, 2.45) is 17.8 Å².